The number of carbonyl (C=O) groups is 1. The number of aromatic hydroxyl groups is 1. The van der Waals surface area contributed by atoms with Crippen LogP contribution in [0.25, 0.3) is 0 Å². The molecule has 6 rings (SSSR count). The highest BCUT2D eigenvalue weighted by molar-refractivity contribution is 5.96. The maximum absolute atomic E-state index is 13.7. The Balaban J connectivity index is 1.53. The summed E-state index contributed by atoms with van der Waals surface area (Å²) in [6.45, 7) is 2.27. The van der Waals surface area contributed by atoms with Crippen molar-refractivity contribution in [3.05, 3.63) is 86.9 Å². The minimum atomic E-state index is -0.517. The van der Waals surface area contributed by atoms with Crippen LogP contribution in [0, 0.1) is 0 Å². The van der Waals surface area contributed by atoms with Gasteiger partial charge in [0.15, 0.2) is 11.4 Å². The van der Waals surface area contributed by atoms with E-state index in [0.29, 0.717) is 6.67 Å². The van der Waals surface area contributed by atoms with E-state index < -0.39 is 11.2 Å². The van der Waals surface area contributed by atoms with Crippen molar-refractivity contribution in [3.63, 3.8) is 0 Å². The number of likely N-dealkylation sites (tertiary alicyclic amines) is 1. The molecule has 3 heterocycles. The SMILES string of the molecule is CN1CCC(N2CN(C3C4=C(C=CCC4)CCc4ccccc43)n3ccc(=O)c(O)c3C2=O)CC1. The summed E-state index contributed by atoms with van der Waals surface area (Å²) in [6, 6.07) is 9.95. The minimum absolute atomic E-state index is 0.0730. The van der Waals surface area contributed by atoms with E-state index in [1.54, 1.807) is 10.9 Å². The van der Waals surface area contributed by atoms with E-state index >= 15 is 0 Å². The number of hydrogen-bond donors (Lipinski definition) is 1. The molecule has 0 saturated carbocycles. The Hall–Kier alpha value is -3.32. The van der Waals surface area contributed by atoms with Crippen molar-refractivity contribution in [1.29, 1.82) is 0 Å². The standard InChI is InChI=1S/C28H32N4O3/c1-29-15-12-21(13-16-29)30-18-32(31-17-14-24(33)27(34)26(31)28(30)35)25-22-8-4-2-6-19(22)10-11-20-7-3-5-9-23(20)25/h2-4,6-8,14,17,21,25,34H,5,9-13,15-16,18H2,1H3. The van der Waals surface area contributed by atoms with Crippen LogP contribution in [0.3, 0.4) is 0 Å². The van der Waals surface area contributed by atoms with E-state index in [1.807, 2.05) is 4.90 Å². The number of amides is 1. The van der Waals surface area contributed by atoms with Gasteiger partial charge in [-0.05, 0) is 80.9 Å². The Morgan fingerprint density at radius 1 is 1.00 bits per heavy atom. The minimum Gasteiger partial charge on any atom is -0.502 e. The Labute approximate surface area is 205 Å². The lowest BCUT2D eigenvalue weighted by Gasteiger charge is -2.48. The van der Waals surface area contributed by atoms with Gasteiger partial charge in [-0.3, -0.25) is 19.3 Å². The Bertz CT molecular complexity index is 1290. The molecule has 0 spiro atoms. The molecule has 1 N–H and O–H groups in total. The van der Waals surface area contributed by atoms with Gasteiger partial charge >= 0.3 is 0 Å². The van der Waals surface area contributed by atoms with Crippen LogP contribution in [0.1, 0.15) is 59.8 Å². The van der Waals surface area contributed by atoms with Gasteiger partial charge in [0, 0.05) is 18.3 Å². The van der Waals surface area contributed by atoms with Gasteiger partial charge in [-0.15, -0.1) is 0 Å². The normalized spacial score (nSPS) is 23.1. The van der Waals surface area contributed by atoms with Crippen LogP contribution in [-0.4, -0.2) is 58.3 Å². The summed E-state index contributed by atoms with van der Waals surface area (Å²) in [5, 5.41) is 13.0. The highest BCUT2D eigenvalue weighted by Gasteiger charge is 2.41. The fourth-order valence-corrected chi connectivity index (χ4v) is 6.26. The van der Waals surface area contributed by atoms with E-state index in [2.05, 4.69) is 53.4 Å². The molecule has 2 aromatic rings. The molecule has 1 aromatic heterocycles. The van der Waals surface area contributed by atoms with Crippen molar-refractivity contribution in [2.24, 2.45) is 0 Å². The molecular weight excluding hydrogens is 440 g/mol. The van der Waals surface area contributed by atoms with Crippen LogP contribution in [0.15, 0.2) is 64.6 Å². The molecule has 1 aromatic carbocycles. The fourth-order valence-electron chi connectivity index (χ4n) is 6.26. The number of carbonyl (C=O) groups excluding carboxylic acids is 1. The van der Waals surface area contributed by atoms with Gasteiger partial charge in [0.2, 0.25) is 5.43 Å². The summed E-state index contributed by atoms with van der Waals surface area (Å²) in [7, 11) is 2.11. The quantitative estimate of drug-likeness (QED) is 0.726. The third-order valence-electron chi connectivity index (χ3n) is 8.17. The summed E-state index contributed by atoms with van der Waals surface area (Å²) in [5.74, 6) is -0.717. The fraction of sp³-hybridized carbons (Fsp3) is 0.429. The van der Waals surface area contributed by atoms with Crippen LogP contribution in [-0.2, 0) is 6.42 Å². The third kappa shape index (κ3) is 3.69. The van der Waals surface area contributed by atoms with Crippen molar-refractivity contribution < 1.29 is 9.90 Å². The molecule has 0 bridgehead atoms. The van der Waals surface area contributed by atoms with E-state index in [0.717, 1.165) is 51.6 Å². The first-order chi connectivity index (χ1) is 17.0. The molecule has 2 aliphatic carbocycles. The van der Waals surface area contributed by atoms with Gasteiger partial charge in [0.05, 0.1) is 6.04 Å². The number of aryl methyl sites for hydroxylation is 1. The Kier molecular flexibility index (Phi) is 5.52. The average molecular weight is 473 g/mol. The van der Waals surface area contributed by atoms with Gasteiger partial charge in [-0.1, -0.05) is 36.4 Å². The molecular formula is C28H32N4O3. The summed E-state index contributed by atoms with van der Waals surface area (Å²) >= 11 is 0. The van der Waals surface area contributed by atoms with Crippen molar-refractivity contribution >= 4 is 5.91 Å². The number of piperidine rings is 1. The summed E-state index contributed by atoms with van der Waals surface area (Å²) < 4.78 is 1.75. The van der Waals surface area contributed by atoms with Crippen LogP contribution in [0.2, 0.25) is 0 Å². The summed E-state index contributed by atoms with van der Waals surface area (Å²) in [5.41, 5.74) is 4.87. The summed E-state index contributed by atoms with van der Waals surface area (Å²) in [4.78, 5) is 30.4. The number of pyridine rings is 1. The number of hydrogen-bond acceptors (Lipinski definition) is 5. The van der Waals surface area contributed by atoms with E-state index in [1.165, 1.54) is 28.3 Å². The largest absolute Gasteiger partial charge is 0.502 e. The maximum Gasteiger partial charge on any atom is 0.278 e. The second kappa shape index (κ2) is 8.72. The zero-order valence-electron chi connectivity index (χ0n) is 20.2. The smallest absolute Gasteiger partial charge is 0.278 e. The molecule has 7 nitrogen and oxygen atoms in total. The monoisotopic (exact) mass is 472 g/mol. The summed E-state index contributed by atoms with van der Waals surface area (Å²) in [6.07, 6.45) is 11.9. The molecule has 1 atom stereocenters. The van der Waals surface area contributed by atoms with Crippen molar-refractivity contribution in [2.45, 2.75) is 50.6 Å². The molecule has 182 valence electrons. The van der Waals surface area contributed by atoms with Crippen LogP contribution >= 0.6 is 0 Å². The van der Waals surface area contributed by atoms with Crippen LogP contribution in [0.4, 0.5) is 0 Å². The molecule has 1 fully saturated rings. The van der Waals surface area contributed by atoms with E-state index in [9.17, 15) is 14.7 Å². The molecule has 4 aliphatic rings. The molecule has 1 unspecified atom stereocenters. The first-order valence-corrected chi connectivity index (χ1v) is 12.7. The van der Waals surface area contributed by atoms with Gasteiger partial charge < -0.3 is 14.9 Å². The molecule has 0 radical (unpaired) electrons. The number of rotatable bonds is 2. The van der Waals surface area contributed by atoms with Crippen molar-refractivity contribution in [1.82, 2.24) is 14.5 Å². The van der Waals surface area contributed by atoms with Crippen molar-refractivity contribution in [3.8, 4) is 5.75 Å². The average Bonchev–Trinajstić information content (AvgIpc) is 3.04. The topological polar surface area (TPSA) is 69.0 Å². The zero-order valence-corrected chi connectivity index (χ0v) is 20.2. The van der Waals surface area contributed by atoms with Gasteiger partial charge in [0.1, 0.15) is 6.67 Å². The number of allylic oxidation sites excluding steroid dienone is 3. The molecule has 35 heavy (non-hydrogen) atoms. The lowest BCUT2D eigenvalue weighted by molar-refractivity contribution is 0.0495. The second-order valence-corrected chi connectivity index (χ2v) is 10.2. The molecule has 1 amide bonds. The predicted molar refractivity (Wildman–Crippen MR) is 135 cm³/mol. The number of aromatic nitrogens is 1. The number of benzene rings is 1. The highest BCUT2D eigenvalue weighted by Crippen LogP contribution is 2.42. The molecule has 7 heteroatoms. The zero-order chi connectivity index (χ0) is 24.1. The third-order valence-corrected chi connectivity index (χ3v) is 8.17. The second-order valence-electron chi connectivity index (χ2n) is 10.2. The first kappa shape index (κ1) is 22.2. The van der Waals surface area contributed by atoms with Crippen molar-refractivity contribution in [2.75, 3.05) is 31.8 Å². The number of nitrogens with zero attached hydrogens (tertiary/aromatic N) is 4. The Morgan fingerprint density at radius 3 is 2.63 bits per heavy atom. The van der Waals surface area contributed by atoms with Gasteiger partial charge in [-0.25, -0.2) is 0 Å². The lowest BCUT2D eigenvalue weighted by Crippen LogP contribution is -2.59. The maximum atomic E-state index is 13.7. The molecule has 1 saturated heterocycles. The Morgan fingerprint density at radius 2 is 1.80 bits per heavy atom. The lowest BCUT2D eigenvalue weighted by atomic mass is 9.88. The van der Waals surface area contributed by atoms with E-state index in [4.69, 9.17) is 0 Å². The van der Waals surface area contributed by atoms with Gasteiger partial charge in [-0.2, -0.15) is 0 Å². The van der Waals surface area contributed by atoms with Crippen LogP contribution in [0.5, 0.6) is 5.75 Å². The molecule has 2 aliphatic heterocycles. The van der Waals surface area contributed by atoms with Crippen LogP contribution < -0.4 is 10.4 Å². The van der Waals surface area contributed by atoms with E-state index in [-0.39, 0.29) is 23.7 Å². The van der Waals surface area contributed by atoms with Gasteiger partial charge in [0.25, 0.3) is 5.91 Å². The number of fused-ring (bicyclic) bond motifs is 2. The highest BCUT2D eigenvalue weighted by atomic mass is 16.3. The predicted octanol–water partition coefficient (Wildman–Crippen LogP) is 3.33. The first-order valence-electron chi connectivity index (χ1n) is 12.7.